The van der Waals surface area contributed by atoms with Crippen LogP contribution in [0.4, 0.5) is 15.0 Å². The highest BCUT2D eigenvalue weighted by Crippen LogP contribution is 2.33. The zero-order chi connectivity index (χ0) is 24.5. The first-order valence-electron chi connectivity index (χ1n) is 11.8. The summed E-state index contributed by atoms with van der Waals surface area (Å²) in [6.07, 6.45) is 1.47. The predicted molar refractivity (Wildman–Crippen MR) is 127 cm³/mol. The van der Waals surface area contributed by atoms with Crippen LogP contribution in [-0.4, -0.2) is 53.0 Å². The average molecular weight is 470 g/mol. The molecule has 2 aromatic rings. The molecule has 0 N–H and O–H groups in total. The number of piperazine rings is 1. The molecule has 7 nitrogen and oxygen atoms in total. The van der Waals surface area contributed by atoms with E-state index in [0.29, 0.717) is 36.6 Å². The quantitative estimate of drug-likeness (QED) is 0.564. The number of ketones is 1. The van der Waals surface area contributed by atoms with Gasteiger partial charge in [0.25, 0.3) is 0 Å². The van der Waals surface area contributed by atoms with Gasteiger partial charge in [0.15, 0.2) is 5.78 Å². The molecule has 1 aliphatic heterocycles. The number of benzene rings is 1. The summed E-state index contributed by atoms with van der Waals surface area (Å²) in [6, 6.07) is 9.99. The summed E-state index contributed by atoms with van der Waals surface area (Å²) < 4.78 is 25.8. The van der Waals surface area contributed by atoms with Crippen LogP contribution in [0.25, 0.3) is 0 Å². The van der Waals surface area contributed by atoms with Crippen LogP contribution in [-0.2, 0) is 11.3 Å². The fraction of sp³-hybridized carbons (Fsp3) is 0.500. The van der Waals surface area contributed by atoms with Crippen molar-refractivity contribution in [3.05, 3.63) is 53.3 Å². The van der Waals surface area contributed by atoms with Crippen molar-refractivity contribution < 1.29 is 23.5 Å². The lowest BCUT2D eigenvalue weighted by atomic mass is 10.0. The molecule has 1 saturated carbocycles. The van der Waals surface area contributed by atoms with E-state index < -0.39 is 11.4 Å². The summed E-state index contributed by atoms with van der Waals surface area (Å²) >= 11 is 0. The molecule has 1 saturated heterocycles. The first kappa shape index (κ1) is 24.0. The minimum absolute atomic E-state index is 0.0155. The second-order valence-electron chi connectivity index (χ2n) is 10.0. The summed E-state index contributed by atoms with van der Waals surface area (Å²) in [5.41, 5.74) is 0.260. The third-order valence-corrected chi connectivity index (χ3v) is 5.95. The Kier molecular flexibility index (Phi) is 6.77. The highest BCUT2D eigenvalue weighted by atomic mass is 19.1. The van der Waals surface area contributed by atoms with Gasteiger partial charge in [-0.15, -0.1) is 0 Å². The summed E-state index contributed by atoms with van der Waals surface area (Å²) in [4.78, 5) is 33.0. The third kappa shape index (κ3) is 5.85. The molecular weight excluding hydrogens is 437 g/mol. The van der Waals surface area contributed by atoms with Gasteiger partial charge in [0, 0.05) is 48.8 Å². The zero-order valence-electron chi connectivity index (χ0n) is 20.2. The highest BCUT2D eigenvalue weighted by molar-refractivity contribution is 5.99. The van der Waals surface area contributed by atoms with Gasteiger partial charge in [0.1, 0.15) is 23.8 Å². The van der Waals surface area contributed by atoms with Crippen LogP contribution in [0.3, 0.4) is 0 Å². The van der Waals surface area contributed by atoms with Gasteiger partial charge in [-0.1, -0.05) is 18.2 Å². The molecule has 8 heteroatoms. The number of hydrogen-bond acceptors (Lipinski definition) is 6. The number of carbonyl (C=O) groups is 2. The van der Waals surface area contributed by atoms with E-state index >= 15 is 0 Å². The number of aromatic nitrogens is 1. The Morgan fingerprint density at radius 3 is 2.56 bits per heavy atom. The van der Waals surface area contributed by atoms with Gasteiger partial charge >= 0.3 is 6.09 Å². The minimum atomic E-state index is -0.534. The first-order valence-corrected chi connectivity index (χ1v) is 11.8. The monoisotopic (exact) mass is 469 g/mol. The number of hydrogen-bond donors (Lipinski definition) is 0. The molecule has 2 heterocycles. The van der Waals surface area contributed by atoms with Crippen LogP contribution < -0.4 is 9.64 Å². The molecule has 4 rings (SSSR count). The molecule has 0 spiro atoms. The highest BCUT2D eigenvalue weighted by Gasteiger charge is 2.32. The van der Waals surface area contributed by atoms with Crippen molar-refractivity contribution in [1.29, 1.82) is 0 Å². The van der Waals surface area contributed by atoms with Crippen molar-refractivity contribution in [2.24, 2.45) is 5.92 Å². The van der Waals surface area contributed by atoms with Gasteiger partial charge in [-0.25, -0.2) is 9.18 Å². The smallest absolute Gasteiger partial charge is 0.410 e. The fourth-order valence-corrected chi connectivity index (χ4v) is 3.97. The maximum Gasteiger partial charge on any atom is 0.410 e. The van der Waals surface area contributed by atoms with Crippen LogP contribution in [0.2, 0.25) is 0 Å². The first-order chi connectivity index (χ1) is 16.1. The van der Waals surface area contributed by atoms with Gasteiger partial charge in [-0.3, -0.25) is 4.79 Å². The number of anilines is 1. The third-order valence-electron chi connectivity index (χ3n) is 5.95. The Hall–Kier alpha value is -3.16. The maximum absolute atomic E-state index is 14.5. The largest absolute Gasteiger partial charge is 0.473 e. The lowest BCUT2D eigenvalue weighted by molar-refractivity contribution is 0.0158. The van der Waals surface area contributed by atoms with E-state index in [2.05, 4.69) is 9.88 Å². The van der Waals surface area contributed by atoms with Crippen molar-refractivity contribution >= 4 is 17.7 Å². The lowest BCUT2D eigenvalue weighted by Gasteiger charge is -2.40. The Balaban J connectivity index is 1.35. The summed E-state index contributed by atoms with van der Waals surface area (Å²) in [7, 11) is 0. The standard InChI is InChI=1S/C26H32FN3O4/c1-17-15-29(12-13-30(17)25(32)34-26(2,3)4)22-6-5-7-23(28-22)33-16-20-11-10-19(14-21(20)27)24(31)18-8-9-18/h5-7,10-11,14,17-18H,8-9,12-13,15-16H2,1-4H3. The van der Waals surface area contributed by atoms with Crippen molar-refractivity contribution in [2.75, 3.05) is 24.5 Å². The molecule has 1 aromatic heterocycles. The number of rotatable bonds is 6. The molecule has 1 aliphatic carbocycles. The number of nitrogens with zero attached hydrogens (tertiary/aromatic N) is 3. The molecule has 2 aliphatic rings. The predicted octanol–water partition coefficient (Wildman–Crippen LogP) is 4.84. The van der Waals surface area contributed by atoms with E-state index in [1.54, 1.807) is 23.1 Å². The molecule has 1 amide bonds. The Morgan fingerprint density at radius 2 is 1.91 bits per heavy atom. The molecule has 0 bridgehead atoms. The normalized spacial score (nSPS) is 18.6. The van der Waals surface area contributed by atoms with E-state index in [1.165, 1.54) is 6.07 Å². The summed E-state index contributed by atoms with van der Waals surface area (Å²) in [5.74, 6) is 0.745. The van der Waals surface area contributed by atoms with Gasteiger partial charge in [0.2, 0.25) is 5.88 Å². The van der Waals surface area contributed by atoms with E-state index in [-0.39, 0.29) is 30.4 Å². The second-order valence-corrected chi connectivity index (χ2v) is 10.0. The molecule has 2 fully saturated rings. The van der Waals surface area contributed by atoms with Crippen LogP contribution in [0, 0.1) is 11.7 Å². The van der Waals surface area contributed by atoms with Gasteiger partial charge in [0.05, 0.1) is 0 Å². The number of carbonyl (C=O) groups excluding carboxylic acids is 2. The van der Waals surface area contributed by atoms with E-state index in [1.807, 2.05) is 39.8 Å². The van der Waals surface area contributed by atoms with Gasteiger partial charge < -0.3 is 19.3 Å². The Bertz CT molecular complexity index is 1060. The van der Waals surface area contributed by atoms with Crippen molar-refractivity contribution in [3.8, 4) is 5.88 Å². The summed E-state index contributed by atoms with van der Waals surface area (Å²) in [5, 5.41) is 0. The Labute approximate surface area is 199 Å². The average Bonchev–Trinajstić information content (AvgIpc) is 3.62. The minimum Gasteiger partial charge on any atom is -0.473 e. The van der Waals surface area contributed by atoms with Crippen LogP contribution >= 0.6 is 0 Å². The molecule has 1 unspecified atom stereocenters. The van der Waals surface area contributed by atoms with E-state index in [0.717, 1.165) is 18.7 Å². The molecular formula is C26H32FN3O4. The van der Waals surface area contributed by atoms with Gasteiger partial charge in [-0.2, -0.15) is 4.98 Å². The number of halogens is 1. The molecule has 182 valence electrons. The van der Waals surface area contributed by atoms with Crippen molar-refractivity contribution in [1.82, 2.24) is 9.88 Å². The van der Waals surface area contributed by atoms with Crippen molar-refractivity contribution in [2.45, 2.75) is 58.8 Å². The van der Waals surface area contributed by atoms with Crippen LogP contribution in [0.5, 0.6) is 5.88 Å². The molecule has 34 heavy (non-hydrogen) atoms. The van der Waals surface area contributed by atoms with Gasteiger partial charge in [-0.05, 0) is 52.7 Å². The second kappa shape index (κ2) is 9.60. The summed E-state index contributed by atoms with van der Waals surface area (Å²) in [6.45, 7) is 9.32. The number of ether oxygens (including phenoxy) is 2. The molecule has 1 atom stereocenters. The Morgan fingerprint density at radius 1 is 1.15 bits per heavy atom. The van der Waals surface area contributed by atoms with Crippen LogP contribution in [0.1, 0.15) is 56.5 Å². The fourth-order valence-electron chi connectivity index (χ4n) is 3.97. The number of Topliss-reactive ketones (excluding diaryl/α,β-unsaturated/α-hetero) is 1. The maximum atomic E-state index is 14.5. The SMILES string of the molecule is CC1CN(c2cccc(OCc3ccc(C(=O)C4CC4)cc3F)n2)CCN1C(=O)OC(C)(C)C. The van der Waals surface area contributed by atoms with Crippen molar-refractivity contribution in [3.63, 3.8) is 0 Å². The number of amides is 1. The lowest BCUT2D eigenvalue weighted by Crippen LogP contribution is -2.55. The topological polar surface area (TPSA) is 72.0 Å². The van der Waals surface area contributed by atoms with Crippen LogP contribution in [0.15, 0.2) is 36.4 Å². The number of pyridine rings is 1. The molecule has 0 radical (unpaired) electrons. The molecule has 1 aromatic carbocycles. The van der Waals surface area contributed by atoms with E-state index in [9.17, 15) is 14.0 Å². The zero-order valence-corrected chi connectivity index (χ0v) is 20.2. The van der Waals surface area contributed by atoms with E-state index in [4.69, 9.17) is 9.47 Å².